The maximum atomic E-state index is 12.6. The molecular formula is C19H15N3O2S. The van der Waals surface area contributed by atoms with Crippen molar-refractivity contribution in [2.45, 2.75) is 11.7 Å². The maximum Gasteiger partial charge on any atom is 0.267 e. The van der Waals surface area contributed by atoms with E-state index in [2.05, 4.69) is 10.3 Å². The fourth-order valence-electron chi connectivity index (χ4n) is 2.82. The predicted octanol–water partition coefficient (Wildman–Crippen LogP) is 3.27. The van der Waals surface area contributed by atoms with E-state index in [1.54, 1.807) is 4.57 Å². The molecule has 0 radical (unpaired) electrons. The number of para-hydroxylation sites is 1. The maximum absolute atomic E-state index is 12.6. The molecule has 4 rings (SSSR count). The van der Waals surface area contributed by atoms with Gasteiger partial charge >= 0.3 is 0 Å². The molecule has 124 valence electrons. The lowest BCUT2D eigenvalue weighted by molar-refractivity contribution is 0.102. The number of anilines is 1. The molecule has 0 fully saturated rings. The minimum Gasteiger partial charge on any atom is -0.321 e. The summed E-state index contributed by atoms with van der Waals surface area (Å²) < 4.78 is 1.56. The first-order chi connectivity index (χ1) is 12.2. The van der Waals surface area contributed by atoms with Crippen LogP contribution in [0.1, 0.15) is 10.4 Å². The highest BCUT2D eigenvalue weighted by Crippen LogP contribution is 2.28. The summed E-state index contributed by atoms with van der Waals surface area (Å²) in [4.78, 5) is 29.4. The van der Waals surface area contributed by atoms with Crippen molar-refractivity contribution in [3.63, 3.8) is 0 Å². The van der Waals surface area contributed by atoms with E-state index >= 15 is 0 Å². The van der Waals surface area contributed by atoms with Crippen LogP contribution in [-0.2, 0) is 6.54 Å². The van der Waals surface area contributed by atoms with E-state index in [9.17, 15) is 9.59 Å². The molecule has 2 aromatic carbocycles. The molecule has 1 amide bonds. The monoisotopic (exact) mass is 349 g/mol. The number of fused-ring (bicyclic) bond motifs is 1. The number of carbonyl (C=O) groups is 1. The third-order valence-corrected chi connectivity index (χ3v) is 5.03. The molecule has 3 aromatic rings. The lowest BCUT2D eigenvalue weighted by Gasteiger charge is -2.11. The normalized spacial score (nSPS) is 12.6. The van der Waals surface area contributed by atoms with Gasteiger partial charge in [-0.25, -0.2) is 4.98 Å². The van der Waals surface area contributed by atoms with Gasteiger partial charge in [-0.3, -0.25) is 14.2 Å². The lowest BCUT2D eigenvalue weighted by atomic mass is 10.0. The topological polar surface area (TPSA) is 64.0 Å². The van der Waals surface area contributed by atoms with E-state index < -0.39 is 5.91 Å². The Hall–Kier alpha value is -2.86. The van der Waals surface area contributed by atoms with Gasteiger partial charge in [0.25, 0.3) is 11.5 Å². The molecule has 1 aliphatic rings. The number of nitrogens with zero attached hydrogens (tertiary/aromatic N) is 2. The third kappa shape index (κ3) is 2.96. The zero-order chi connectivity index (χ0) is 17.2. The molecule has 0 unspecified atom stereocenters. The number of hydrogen-bond donors (Lipinski definition) is 1. The standard InChI is InChI=1S/C19H15N3O2S/c23-17(15-12-20-19-22(18(15)24)10-11-25-19)21-16-9-5-4-8-14(16)13-6-2-1-3-7-13/h1-9,12H,10-11H2,(H,21,23). The van der Waals surface area contributed by atoms with Gasteiger partial charge in [0.1, 0.15) is 5.56 Å². The van der Waals surface area contributed by atoms with Crippen LogP contribution in [-0.4, -0.2) is 21.2 Å². The number of nitrogens with one attached hydrogen (secondary N) is 1. The van der Waals surface area contributed by atoms with Gasteiger partial charge in [0.05, 0.1) is 0 Å². The molecule has 5 nitrogen and oxygen atoms in total. The van der Waals surface area contributed by atoms with Crippen molar-refractivity contribution < 1.29 is 4.79 Å². The molecule has 25 heavy (non-hydrogen) atoms. The minimum absolute atomic E-state index is 0.0640. The van der Waals surface area contributed by atoms with Gasteiger partial charge in [-0.15, -0.1) is 0 Å². The molecule has 0 bridgehead atoms. The van der Waals surface area contributed by atoms with Crippen molar-refractivity contribution in [3.05, 3.63) is 76.7 Å². The Balaban J connectivity index is 1.68. The van der Waals surface area contributed by atoms with Crippen LogP contribution in [0.4, 0.5) is 5.69 Å². The summed E-state index contributed by atoms with van der Waals surface area (Å²) in [5.74, 6) is 0.373. The first-order valence-corrected chi connectivity index (χ1v) is 8.91. The van der Waals surface area contributed by atoms with E-state index in [4.69, 9.17) is 0 Å². The van der Waals surface area contributed by atoms with Crippen LogP contribution in [0.5, 0.6) is 0 Å². The van der Waals surface area contributed by atoms with E-state index in [0.29, 0.717) is 17.4 Å². The summed E-state index contributed by atoms with van der Waals surface area (Å²) in [7, 11) is 0. The molecule has 1 aromatic heterocycles. The quantitative estimate of drug-likeness (QED) is 0.737. The first kappa shape index (κ1) is 15.7. The number of aromatic nitrogens is 2. The number of rotatable bonds is 3. The largest absolute Gasteiger partial charge is 0.321 e. The summed E-state index contributed by atoms with van der Waals surface area (Å²) in [5.41, 5.74) is 2.34. The smallest absolute Gasteiger partial charge is 0.267 e. The summed E-state index contributed by atoms with van der Waals surface area (Å²) in [6.45, 7) is 0.591. The van der Waals surface area contributed by atoms with E-state index in [-0.39, 0.29) is 11.1 Å². The molecule has 0 saturated carbocycles. The molecule has 0 spiro atoms. The summed E-state index contributed by atoms with van der Waals surface area (Å²) in [5, 5.41) is 3.53. The van der Waals surface area contributed by atoms with E-state index in [1.807, 2.05) is 54.6 Å². The second kappa shape index (κ2) is 6.57. The van der Waals surface area contributed by atoms with Gasteiger partial charge in [0.2, 0.25) is 0 Å². The van der Waals surface area contributed by atoms with Crippen LogP contribution in [0, 0.1) is 0 Å². The molecule has 1 N–H and O–H groups in total. The highest BCUT2D eigenvalue weighted by Gasteiger charge is 2.20. The van der Waals surface area contributed by atoms with Gasteiger partial charge in [-0.1, -0.05) is 60.3 Å². The number of thioether (sulfide) groups is 1. The highest BCUT2D eigenvalue weighted by atomic mass is 32.2. The second-order valence-electron chi connectivity index (χ2n) is 5.63. The molecule has 0 saturated heterocycles. The third-order valence-electron chi connectivity index (χ3n) is 4.06. The van der Waals surface area contributed by atoms with Gasteiger partial charge in [-0.05, 0) is 11.6 Å². The van der Waals surface area contributed by atoms with Crippen molar-refractivity contribution in [2.75, 3.05) is 11.1 Å². The highest BCUT2D eigenvalue weighted by molar-refractivity contribution is 7.99. The molecule has 1 aliphatic heterocycles. The van der Waals surface area contributed by atoms with Gasteiger partial charge < -0.3 is 5.32 Å². The number of carbonyl (C=O) groups excluding carboxylic acids is 1. The SMILES string of the molecule is O=C(Nc1ccccc1-c1ccccc1)c1cnc2n(c1=O)CCS2. The summed E-state index contributed by atoms with van der Waals surface area (Å²) in [6.07, 6.45) is 1.37. The van der Waals surface area contributed by atoms with Crippen LogP contribution >= 0.6 is 11.8 Å². The zero-order valence-electron chi connectivity index (χ0n) is 13.3. The van der Waals surface area contributed by atoms with Crippen LogP contribution in [0.25, 0.3) is 11.1 Å². The number of amides is 1. The average Bonchev–Trinajstić information content (AvgIpc) is 3.13. The molecule has 0 aliphatic carbocycles. The van der Waals surface area contributed by atoms with Crippen molar-refractivity contribution in [2.24, 2.45) is 0 Å². The Morgan fingerprint density at radius 2 is 1.84 bits per heavy atom. The van der Waals surface area contributed by atoms with Crippen molar-refractivity contribution in [1.29, 1.82) is 0 Å². The van der Waals surface area contributed by atoms with Crippen LogP contribution in [0.2, 0.25) is 0 Å². The predicted molar refractivity (Wildman–Crippen MR) is 99.1 cm³/mol. The summed E-state index contributed by atoms with van der Waals surface area (Å²) >= 11 is 1.53. The zero-order valence-corrected chi connectivity index (χ0v) is 14.1. The van der Waals surface area contributed by atoms with Crippen molar-refractivity contribution in [1.82, 2.24) is 9.55 Å². The Labute approximate surface area is 148 Å². The Kier molecular flexibility index (Phi) is 4.11. The molecular weight excluding hydrogens is 334 g/mol. The van der Waals surface area contributed by atoms with Gasteiger partial charge in [-0.2, -0.15) is 0 Å². The fraction of sp³-hybridized carbons (Fsp3) is 0.105. The fourth-order valence-corrected chi connectivity index (χ4v) is 3.74. The first-order valence-electron chi connectivity index (χ1n) is 7.92. The lowest BCUT2D eigenvalue weighted by Crippen LogP contribution is -2.29. The number of benzene rings is 2. The van der Waals surface area contributed by atoms with E-state index in [1.165, 1.54) is 18.0 Å². The van der Waals surface area contributed by atoms with Crippen LogP contribution in [0.15, 0.2) is 70.7 Å². The number of hydrogen-bond acceptors (Lipinski definition) is 4. The average molecular weight is 349 g/mol. The van der Waals surface area contributed by atoms with Crippen LogP contribution in [0.3, 0.4) is 0 Å². The Morgan fingerprint density at radius 3 is 2.68 bits per heavy atom. The Bertz CT molecular complexity index is 999. The molecule has 6 heteroatoms. The van der Waals surface area contributed by atoms with Crippen LogP contribution < -0.4 is 10.9 Å². The Morgan fingerprint density at radius 1 is 1.08 bits per heavy atom. The second-order valence-corrected chi connectivity index (χ2v) is 6.69. The van der Waals surface area contributed by atoms with Gasteiger partial charge in [0.15, 0.2) is 5.16 Å². The van der Waals surface area contributed by atoms with Crippen molar-refractivity contribution in [3.8, 4) is 11.1 Å². The van der Waals surface area contributed by atoms with E-state index in [0.717, 1.165) is 16.9 Å². The van der Waals surface area contributed by atoms with Gasteiger partial charge in [0, 0.05) is 29.7 Å². The summed E-state index contributed by atoms with van der Waals surface area (Å²) in [6, 6.07) is 17.3. The van der Waals surface area contributed by atoms with Crippen molar-refractivity contribution >= 4 is 23.4 Å². The molecule has 2 heterocycles. The molecule has 0 atom stereocenters. The minimum atomic E-state index is -0.437.